The number of quaternary nitrogens is 1. The zero-order valence-corrected chi connectivity index (χ0v) is 22.5. The average molecular weight is 581 g/mol. The van der Waals surface area contributed by atoms with E-state index in [-0.39, 0.29) is 46.4 Å². The maximum absolute atomic E-state index is 13.0. The molecule has 1 aliphatic carbocycles. The number of rotatable bonds is 6. The molecule has 1 unspecified atom stereocenters. The molecule has 0 bridgehead atoms. The number of nitrogens with one attached hydrogen (secondary N) is 1. The largest absolute Gasteiger partial charge is 0.416 e. The van der Waals surface area contributed by atoms with Crippen molar-refractivity contribution >= 4 is 29.7 Å². The molecule has 1 aromatic heterocycles. The Labute approximate surface area is 239 Å². The number of piperidine rings is 1. The van der Waals surface area contributed by atoms with Crippen LogP contribution < -0.4 is 11.2 Å². The van der Waals surface area contributed by atoms with Gasteiger partial charge < -0.3 is 15.3 Å². The van der Waals surface area contributed by atoms with Crippen molar-refractivity contribution < 1.29 is 32.5 Å². The van der Waals surface area contributed by atoms with Gasteiger partial charge in [0, 0.05) is 30.1 Å². The molecule has 1 aromatic carbocycles. The summed E-state index contributed by atoms with van der Waals surface area (Å²) in [6, 6.07) is 7.80. The lowest BCUT2D eigenvalue weighted by Crippen LogP contribution is -2.53. The fourth-order valence-corrected chi connectivity index (χ4v) is 5.62. The molecule has 3 atom stereocenters. The number of aliphatic hydroxyl groups excluding tert-OH is 1. The molecule has 218 valence electrons. The summed E-state index contributed by atoms with van der Waals surface area (Å²) in [4.78, 5) is 40.6. The van der Waals surface area contributed by atoms with E-state index in [9.17, 15) is 27.9 Å². The highest BCUT2D eigenvalue weighted by Gasteiger charge is 2.48. The molecule has 0 spiro atoms. The Kier molecular flexibility index (Phi) is 7.03. The normalized spacial score (nSPS) is 25.4. The number of benzene rings is 1. The molecule has 4 aliphatic rings. The van der Waals surface area contributed by atoms with Gasteiger partial charge in [0.05, 0.1) is 36.2 Å². The molecule has 13 heteroatoms. The number of alkyl halides is 3. The van der Waals surface area contributed by atoms with Gasteiger partial charge in [0.25, 0.3) is 11.7 Å². The maximum Gasteiger partial charge on any atom is 0.416 e. The predicted molar refractivity (Wildman–Crippen MR) is 147 cm³/mol. The van der Waals surface area contributed by atoms with Crippen LogP contribution in [0.3, 0.4) is 0 Å². The van der Waals surface area contributed by atoms with Gasteiger partial charge in [-0.1, -0.05) is 0 Å². The minimum absolute atomic E-state index is 0.0294. The zero-order chi connectivity index (χ0) is 29.6. The molecule has 2 amide bonds. The molecular weight excluding hydrogens is 551 g/mol. The van der Waals surface area contributed by atoms with Gasteiger partial charge in [-0.05, 0) is 62.1 Å². The smallest absolute Gasteiger partial charge is 0.394 e. The SMILES string of the molecule is N[N+]12C=CN=CC1=C([C@H]1CC[C@@H](CO)N(C(=O)C3CC3)C1)N=C2c1ccc(C(=O)Nc2cc(C(F)(F)F)ccn2)cc1. The Morgan fingerprint density at radius 2 is 1.88 bits per heavy atom. The Morgan fingerprint density at radius 1 is 1.12 bits per heavy atom. The Morgan fingerprint density at radius 3 is 2.57 bits per heavy atom. The van der Waals surface area contributed by atoms with E-state index < -0.39 is 17.6 Å². The van der Waals surface area contributed by atoms with Crippen LogP contribution in [0.2, 0.25) is 0 Å². The Balaban J connectivity index is 1.24. The molecule has 2 aromatic rings. The number of nitrogens with zero attached hydrogens (tertiary/aromatic N) is 5. The first-order valence-electron chi connectivity index (χ1n) is 13.7. The summed E-state index contributed by atoms with van der Waals surface area (Å²) in [5.41, 5.74) is 1.33. The number of hydrogen-bond acceptors (Lipinski definition) is 7. The van der Waals surface area contributed by atoms with Crippen molar-refractivity contribution in [3.63, 3.8) is 0 Å². The number of pyridine rings is 1. The van der Waals surface area contributed by atoms with E-state index in [0.717, 1.165) is 43.3 Å². The van der Waals surface area contributed by atoms with Gasteiger partial charge in [-0.15, -0.1) is 4.59 Å². The number of carbonyl (C=O) groups is 2. The predicted octanol–water partition coefficient (Wildman–Crippen LogP) is 3.58. The van der Waals surface area contributed by atoms with Gasteiger partial charge >= 0.3 is 6.18 Å². The van der Waals surface area contributed by atoms with Crippen molar-refractivity contribution in [3.8, 4) is 0 Å². The molecule has 3 aliphatic heterocycles. The molecule has 42 heavy (non-hydrogen) atoms. The fourth-order valence-electron chi connectivity index (χ4n) is 5.62. The number of carbonyl (C=O) groups excluding carboxylic acids is 2. The molecule has 0 radical (unpaired) electrons. The van der Waals surface area contributed by atoms with Crippen LogP contribution in [0.5, 0.6) is 0 Å². The van der Waals surface area contributed by atoms with E-state index in [1.54, 1.807) is 35.6 Å². The van der Waals surface area contributed by atoms with Crippen molar-refractivity contribution in [1.29, 1.82) is 0 Å². The van der Waals surface area contributed by atoms with Crippen LogP contribution in [0.15, 0.2) is 76.4 Å². The molecule has 10 nitrogen and oxygen atoms in total. The van der Waals surface area contributed by atoms with Crippen LogP contribution in [-0.2, 0) is 11.0 Å². The van der Waals surface area contributed by atoms with Gasteiger partial charge in [0.15, 0.2) is 0 Å². The van der Waals surface area contributed by atoms with Gasteiger partial charge in [-0.2, -0.15) is 24.0 Å². The summed E-state index contributed by atoms with van der Waals surface area (Å²) in [6.07, 6.45) is 4.48. The molecule has 2 fully saturated rings. The average Bonchev–Trinajstić information content (AvgIpc) is 3.78. The first-order chi connectivity index (χ1) is 20.1. The van der Waals surface area contributed by atoms with E-state index in [2.05, 4.69) is 15.3 Å². The standard InChI is InChI=1S/C29H28F3N7O3/c30-29(31,32)21-9-10-35-24(13-21)36-27(41)18-3-1-17(2-4-18)26-37-25(23-14-34-11-12-39(23,26)33)20-7-8-22(16-40)38(15-20)28(42)19-5-6-19/h1-4,9-14,19-20,22,40H,5-8,15-16,33H2/p+1/t20-,22-,39?/m0/s1. The van der Waals surface area contributed by atoms with E-state index in [0.29, 0.717) is 30.1 Å². The number of aromatic nitrogens is 1. The lowest BCUT2D eigenvalue weighted by molar-refractivity contribution is -0.750. The second kappa shape index (κ2) is 10.6. The summed E-state index contributed by atoms with van der Waals surface area (Å²) >= 11 is 0. The monoisotopic (exact) mass is 580 g/mol. The number of fused-ring (bicyclic) bond motifs is 1. The lowest BCUT2D eigenvalue weighted by atomic mass is 9.89. The van der Waals surface area contributed by atoms with Crippen LogP contribution in [0.25, 0.3) is 0 Å². The second-order valence-electron chi connectivity index (χ2n) is 10.9. The van der Waals surface area contributed by atoms with Crippen LogP contribution in [0.1, 0.15) is 47.2 Å². The van der Waals surface area contributed by atoms with Gasteiger partial charge in [0.1, 0.15) is 17.7 Å². The highest BCUT2D eigenvalue weighted by molar-refractivity contribution is 6.05. The number of anilines is 1. The van der Waals surface area contributed by atoms with Gasteiger partial charge in [-0.3, -0.25) is 14.6 Å². The second-order valence-corrected chi connectivity index (χ2v) is 10.9. The van der Waals surface area contributed by atoms with Crippen molar-refractivity contribution in [1.82, 2.24) is 9.88 Å². The van der Waals surface area contributed by atoms with Crippen LogP contribution in [-0.4, -0.2) is 62.6 Å². The molecule has 4 N–H and O–H groups in total. The number of aliphatic hydroxyl groups is 1. The highest BCUT2D eigenvalue weighted by Crippen LogP contribution is 2.40. The minimum atomic E-state index is -4.56. The summed E-state index contributed by atoms with van der Waals surface area (Å²) in [5, 5.41) is 12.3. The molecule has 1 saturated heterocycles. The number of aliphatic imine (C=N–C) groups is 2. The maximum atomic E-state index is 13.0. The minimum Gasteiger partial charge on any atom is -0.394 e. The summed E-state index contributed by atoms with van der Waals surface area (Å²) < 4.78 is 38.9. The first kappa shape index (κ1) is 27.9. The molecule has 1 saturated carbocycles. The highest BCUT2D eigenvalue weighted by atomic mass is 19.4. The summed E-state index contributed by atoms with van der Waals surface area (Å²) in [5.74, 6) is 6.53. The van der Waals surface area contributed by atoms with Crippen molar-refractivity contribution in [3.05, 3.63) is 83.1 Å². The summed E-state index contributed by atoms with van der Waals surface area (Å²) in [6.45, 7) is 0.340. The summed E-state index contributed by atoms with van der Waals surface area (Å²) in [7, 11) is 0. The number of nitrogens with two attached hydrogens (primary N) is 1. The number of hydrogen-bond donors (Lipinski definition) is 3. The fraction of sp³-hybridized carbons (Fsp3) is 0.345. The third kappa shape index (κ3) is 5.14. The number of amidine groups is 1. The topological polar surface area (TPSA) is 133 Å². The first-order valence-corrected chi connectivity index (χ1v) is 13.7. The zero-order valence-electron chi connectivity index (χ0n) is 22.5. The van der Waals surface area contributed by atoms with Gasteiger partial charge in [0.2, 0.25) is 11.6 Å². The lowest BCUT2D eigenvalue weighted by Gasteiger charge is -2.39. The quantitative estimate of drug-likeness (QED) is 0.355. The van der Waals surface area contributed by atoms with Crippen molar-refractivity contribution in [2.24, 2.45) is 27.7 Å². The van der Waals surface area contributed by atoms with E-state index >= 15 is 0 Å². The van der Waals surface area contributed by atoms with E-state index in [1.807, 2.05) is 0 Å². The third-order valence-electron chi connectivity index (χ3n) is 8.07. The van der Waals surface area contributed by atoms with Crippen molar-refractivity contribution in [2.75, 3.05) is 18.5 Å². The number of halogens is 3. The number of allylic oxidation sites excluding steroid dienone is 1. The van der Waals surface area contributed by atoms with Crippen LogP contribution in [0.4, 0.5) is 19.0 Å². The van der Waals surface area contributed by atoms with Crippen LogP contribution in [0, 0.1) is 11.8 Å². The van der Waals surface area contributed by atoms with Gasteiger partial charge in [-0.25, -0.2) is 4.98 Å². The van der Waals surface area contributed by atoms with Crippen molar-refractivity contribution in [2.45, 2.75) is 37.9 Å². The molecular formula is C29H29F3N7O3+. The van der Waals surface area contributed by atoms with E-state index in [4.69, 9.17) is 10.8 Å². The van der Waals surface area contributed by atoms with E-state index in [1.165, 1.54) is 12.1 Å². The molecule has 4 heterocycles. The number of likely N-dealkylation sites (tertiary alicyclic amines) is 1. The molecule has 6 rings (SSSR count). The third-order valence-corrected chi connectivity index (χ3v) is 8.07. The Bertz CT molecular complexity index is 1550. The number of amides is 2. The van der Waals surface area contributed by atoms with Crippen LogP contribution >= 0.6 is 0 Å². The Hall–Kier alpha value is -4.20.